The minimum absolute atomic E-state index is 0.336. The van der Waals surface area contributed by atoms with Crippen molar-refractivity contribution in [2.24, 2.45) is 5.73 Å². The number of rotatable bonds is 6. The molecule has 0 bridgehead atoms. The first-order valence-electron chi connectivity index (χ1n) is 5.90. The van der Waals surface area contributed by atoms with Gasteiger partial charge in [0.15, 0.2) is 21.5 Å². The number of amides is 1. The summed E-state index contributed by atoms with van der Waals surface area (Å²) in [7, 11) is -2.54. The molecule has 0 spiro atoms. The van der Waals surface area contributed by atoms with E-state index in [0.29, 0.717) is 31.6 Å². The zero-order chi connectivity index (χ0) is 15.3. The molecule has 1 aromatic rings. The van der Waals surface area contributed by atoms with Gasteiger partial charge in [-0.15, -0.1) is 0 Å². The van der Waals surface area contributed by atoms with Crippen molar-refractivity contribution in [1.29, 1.82) is 0 Å². The highest BCUT2D eigenvalue weighted by molar-refractivity contribution is 7.92. The number of nitrogens with zero attached hydrogens (tertiary/aromatic N) is 1. The molecule has 0 radical (unpaired) electrons. The zero-order valence-electron chi connectivity index (χ0n) is 11.0. The zero-order valence-corrected chi connectivity index (χ0v) is 11.8. The van der Waals surface area contributed by atoms with Crippen LogP contribution in [0.25, 0.3) is 0 Å². The third-order valence-electron chi connectivity index (χ3n) is 2.69. The van der Waals surface area contributed by atoms with E-state index in [9.17, 15) is 22.0 Å². The van der Waals surface area contributed by atoms with Crippen LogP contribution in [0.3, 0.4) is 0 Å². The van der Waals surface area contributed by atoms with Crippen LogP contribution in [0.1, 0.15) is 6.42 Å². The predicted molar refractivity (Wildman–Crippen MR) is 69.7 cm³/mol. The van der Waals surface area contributed by atoms with Crippen molar-refractivity contribution in [1.82, 2.24) is 4.90 Å². The molecule has 0 saturated carbocycles. The van der Waals surface area contributed by atoms with Crippen LogP contribution >= 0.6 is 0 Å². The van der Waals surface area contributed by atoms with Crippen molar-refractivity contribution in [3.63, 3.8) is 0 Å². The van der Waals surface area contributed by atoms with Crippen molar-refractivity contribution in [2.45, 2.75) is 11.3 Å². The maximum absolute atomic E-state index is 13.0. The topological polar surface area (TPSA) is 80.5 Å². The van der Waals surface area contributed by atoms with Crippen molar-refractivity contribution in [2.75, 3.05) is 25.9 Å². The number of hydrogen-bond donors (Lipinski definition) is 1. The Morgan fingerprint density at radius 2 is 1.95 bits per heavy atom. The molecule has 0 saturated heterocycles. The van der Waals surface area contributed by atoms with Gasteiger partial charge >= 0.3 is 0 Å². The van der Waals surface area contributed by atoms with E-state index in [-0.39, 0.29) is 0 Å². The van der Waals surface area contributed by atoms with E-state index < -0.39 is 38.0 Å². The third-order valence-corrected chi connectivity index (χ3v) is 4.29. The largest absolute Gasteiger partial charge is 0.345 e. The molecule has 2 N–H and O–H groups in total. The van der Waals surface area contributed by atoms with Gasteiger partial charge in [-0.3, -0.25) is 4.79 Å². The fourth-order valence-electron chi connectivity index (χ4n) is 1.48. The summed E-state index contributed by atoms with van der Waals surface area (Å²) in [6.07, 6.45) is 0.549. The van der Waals surface area contributed by atoms with Gasteiger partial charge < -0.3 is 10.6 Å². The molecule has 0 fully saturated rings. The van der Waals surface area contributed by atoms with E-state index in [0.717, 1.165) is 6.07 Å². The van der Waals surface area contributed by atoms with E-state index in [1.54, 1.807) is 0 Å². The Labute approximate surface area is 116 Å². The molecule has 5 nitrogen and oxygen atoms in total. The second kappa shape index (κ2) is 6.76. The van der Waals surface area contributed by atoms with Gasteiger partial charge in [-0.25, -0.2) is 17.2 Å². The van der Waals surface area contributed by atoms with Gasteiger partial charge in [-0.1, -0.05) is 0 Å². The second-order valence-corrected chi connectivity index (χ2v) is 6.28. The van der Waals surface area contributed by atoms with Crippen LogP contribution in [-0.4, -0.2) is 45.1 Å². The predicted octanol–water partition coefficient (Wildman–Crippen LogP) is 0.546. The van der Waals surface area contributed by atoms with E-state index in [1.807, 2.05) is 0 Å². The van der Waals surface area contributed by atoms with Crippen molar-refractivity contribution < 1.29 is 22.0 Å². The summed E-state index contributed by atoms with van der Waals surface area (Å²) >= 11 is 0. The first-order chi connectivity index (χ1) is 9.27. The van der Waals surface area contributed by atoms with Crippen LogP contribution in [0.5, 0.6) is 0 Å². The number of carbonyl (C=O) groups is 1. The molecule has 1 amide bonds. The normalized spacial score (nSPS) is 11.4. The van der Waals surface area contributed by atoms with Gasteiger partial charge in [0.25, 0.3) is 0 Å². The standard InChI is InChI=1S/C12H16F2N2O3S/c1-16(6-2-5-15)12(17)8-20(18,19)9-3-4-10(13)11(14)7-9/h3-4,7H,2,5-6,8,15H2,1H3. The minimum atomic E-state index is -4.00. The molecular formula is C12H16F2N2O3S. The summed E-state index contributed by atoms with van der Waals surface area (Å²) in [4.78, 5) is 12.5. The molecule has 112 valence electrons. The summed E-state index contributed by atoms with van der Waals surface area (Å²) in [6, 6.07) is 2.21. The van der Waals surface area contributed by atoms with Gasteiger partial charge in [0.1, 0.15) is 5.75 Å². The Bertz CT molecular complexity index is 590. The molecule has 0 aromatic heterocycles. The van der Waals surface area contributed by atoms with E-state index in [1.165, 1.54) is 11.9 Å². The minimum Gasteiger partial charge on any atom is -0.345 e. The number of hydrogen-bond acceptors (Lipinski definition) is 4. The maximum atomic E-state index is 13.0. The molecule has 1 aromatic carbocycles. The lowest BCUT2D eigenvalue weighted by molar-refractivity contribution is -0.127. The van der Waals surface area contributed by atoms with Gasteiger partial charge in [0.05, 0.1) is 4.90 Å². The smallest absolute Gasteiger partial charge is 0.237 e. The highest BCUT2D eigenvalue weighted by atomic mass is 32.2. The van der Waals surface area contributed by atoms with Gasteiger partial charge in [0.2, 0.25) is 5.91 Å². The number of benzene rings is 1. The number of halogens is 2. The number of sulfone groups is 1. The van der Waals surface area contributed by atoms with Crippen LogP contribution in [0.15, 0.2) is 23.1 Å². The first kappa shape index (κ1) is 16.5. The summed E-state index contributed by atoms with van der Waals surface area (Å²) in [6.45, 7) is 0.718. The van der Waals surface area contributed by atoms with Crippen LogP contribution in [0.4, 0.5) is 8.78 Å². The first-order valence-corrected chi connectivity index (χ1v) is 7.55. The number of nitrogens with two attached hydrogens (primary N) is 1. The van der Waals surface area contributed by atoms with Crippen LogP contribution in [0, 0.1) is 11.6 Å². The summed E-state index contributed by atoms with van der Waals surface area (Å²) < 4.78 is 49.6. The monoisotopic (exact) mass is 306 g/mol. The quantitative estimate of drug-likeness (QED) is 0.778. The maximum Gasteiger partial charge on any atom is 0.237 e. The van der Waals surface area contributed by atoms with Gasteiger partial charge in [0, 0.05) is 13.6 Å². The van der Waals surface area contributed by atoms with Crippen molar-refractivity contribution in [3.8, 4) is 0 Å². The van der Waals surface area contributed by atoms with Gasteiger partial charge in [-0.05, 0) is 31.2 Å². The second-order valence-electron chi connectivity index (χ2n) is 4.29. The molecule has 0 heterocycles. The average molecular weight is 306 g/mol. The molecule has 20 heavy (non-hydrogen) atoms. The lowest BCUT2D eigenvalue weighted by atomic mass is 10.3. The molecule has 8 heteroatoms. The molecule has 0 aliphatic rings. The fourth-order valence-corrected chi connectivity index (χ4v) is 2.75. The third kappa shape index (κ3) is 4.24. The van der Waals surface area contributed by atoms with E-state index in [2.05, 4.69) is 0 Å². The molecule has 0 atom stereocenters. The van der Waals surface area contributed by atoms with Crippen LogP contribution in [-0.2, 0) is 14.6 Å². The van der Waals surface area contributed by atoms with Crippen molar-refractivity contribution in [3.05, 3.63) is 29.8 Å². The SMILES string of the molecule is CN(CCCN)C(=O)CS(=O)(=O)c1ccc(F)c(F)c1. The number of carbonyl (C=O) groups excluding carboxylic acids is 1. The summed E-state index contributed by atoms with van der Waals surface area (Å²) in [5, 5.41) is 0. The lowest BCUT2D eigenvalue weighted by Crippen LogP contribution is -2.34. The van der Waals surface area contributed by atoms with Gasteiger partial charge in [-0.2, -0.15) is 0 Å². The highest BCUT2D eigenvalue weighted by Gasteiger charge is 2.22. The Morgan fingerprint density at radius 1 is 1.30 bits per heavy atom. The lowest BCUT2D eigenvalue weighted by Gasteiger charge is -2.16. The molecule has 0 unspecified atom stereocenters. The van der Waals surface area contributed by atoms with Crippen LogP contribution in [0.2, 0.25) is 0 Å². The van der Waals surface area contributed by atoms with E-state index >= 15 is 0 Å². The molecule has 0 aliphatic carbocycles. The fraction of sp³-hybridized carbons (Fsp3) is 0.417. The molecule has 0 aliphatic heterocycles. The molecule has 1 rings (SSSR count). The summed E-state index contributed by atoms with van der Waals surface area (Å²) in [5.41, 5.74) is 5.29. The van der Waals surface area contributed by atoms with Crippen LogP contribution < -0.4 is 5.73 Å². The summed E-state index contributed by atoms with van der Waals surface area (Å²) in [5.74, 6) is -3.83. The van der Waals surface area contributed by atoms with E-state index in [4.69, 9.17) is 5.73 Å². The Hall–Kier alpha value is -1.54. The Morgan fingerprint density at radius 3 is 2.50 bits per heavy atom. The average Bonchev–Trinajstić information content (AvgIpc) is 2.38. The Balaban J connectivity index is 2.84. The highest BCUT2D eigenvalue weighted by Crippen LogP contribution is 2.15. The Kier molecular flexibility index (Phi) is 5.58. The molecular weight excluding hydrogens is 290 g/mol. The van der Waals surface area contributed by atoms with Crippen molar-refractivity contribution >= 4 is 15.7 Å².